The van der Waals surface area contributed by atoms with E-state index in [1.807, 2.05) is 24.3 Å². The Morgan fingerprint density at radius 2 is 2.00 bits per heavy atom. The lowest BCUT2D eigenvalue weighted by atomic mass is 10.0. The summed E-state index contributed by atoms with van der Waals surface area (Å²) in [6.07, 6.45) is 0. The number of hydrogen-bond donors (Lipinski definition) is 1. The molecular formula is C15H13Br2NO. The fraction of sp³-hybridized carbons (Fsp3) is 0.200. The van der Waals surface area contributed by atoms with E-state index in [9.17, 15) is 0 Å². The molecule has 1 heterocycles. The number of para-hydroxylation sites is 1. The number of rotatable bonds is 3. The summed E-state index contributed by atoms with van der Waals surface area (Å²) in [6, 6.07) is 14.4. The van der Waals surface area contributed by atoms with E-state index in [0.29, 0.717) is 5.92 Å². The first-order chi connectivity index (χ1) is 9.24. The molecule has 0 amide bonds. The SMILES string of the molecule is Brc1ccc(Br)c(NCC2COc3ccccc32)c1. The average molecular weight is 383 g/mol. The zero-order valence-electron chi connectivity index (χ0n) is 10.2. The summed E-state index contributed by atoms with van der Waals surface area (Å²) in [4.78, 5) is 0. The first kappa shape index (κ1) is 13.0. The molecular weight excluding hydrogens is 370 g/mol. The van der Waals surface area contributed by atoms with Crippen LogP contribution in [0.5, 0.6) is 5.75 Å². The van der Waals surface area contributed by atoms with Crippen LogP contribution < -0.4 is 10.1 Å². The molecule has 0 spiro atoms. The molecule has 98 valence electrons. The van der Waals surface area contributed by atoms with Crippen LogP contribution in [0.1, 0.15) is 11.5 Å². The second-order valence-corrected chi connectivity index (χ2v) is 6.32. The molecule has 3 rings (SSSR count). The van der Waals surface area contributed by atoms with Gasteiger partial charge in [-0.2, -0.15) is 0 Å². The van der Waals surface area contributed by atoms with Crippen LogP contribution in [0, 0.1) is 0 Å². The van der Waals surface area contributed by atoms with Gasteiger partial charge in [-0.3, -0.25) is 0 Å². The fourth-order valence-electron chi connectivity index (χ4n) is 2.26. The van der Waals surface area contributed by atoms with Crippen LogP contribution in [-0.4, -0.2) is 13.2 Å². The minimum Gasteiger partial charge on any atom is -0.493 e. The summed E-state index contributed by atoms with van der Waals surface area (Å²) in [7, 11) is 0. The molecule has 0 saturated carbocycles. The number of halogens is 2. The Bertz CT molecular complexity index is 600. The molecule has 0 bridgehead atoms. The Labute approximate surface area is 129 Å². The maximum Gasteiger partial charge on any atom is 0.122 e. The van der Waals surface area contributed by atoms with E-state index in [-0.39, 0.29) is 0 Å². The Kier molecular flexibility index (Phi) is 3.80. The Morgan fingerprint density at radius 3 is 2.89 bits per heavy atom. The van der Waals surface area contributed by atoms with Crippen LogP contribution >= 0.6 is 31.9 Å². The van der Waals surface area contributed by atoms with Gasteiger partial charge in [0.05, 0.1) is 6.61 Å². The third-order valence-electron chi connectivity index (χ3n) is 3.27. The Hall–Kier alpha value is -1.00. The molecule has 0 saturated heterocycles. The molecule has 0 aliphatic carbocycles. The van der Waals surface area contributed by atoms with Gasteiger partial charge in [-0.1, -0.05) is 34.1 Å². The van der Waals surface area contributed by atoms with Gasteiger partial charge in [0, 0.05) is 32.7 Å². The van der Waals surface area contributed by atoms with Crippen molar-refractivity contribution in [3.63, 3.8) is 0 Å². The van der Waals surface area contributed by atoms with Gasteiger partial charge in [-0.25, -0.2) is 0 Å². The Morgan fingerprint density at radius 1 is 1.16 bits per heavy atom. The summed E-state index contributed by atoms with van der Waals surface area (Å²) in [5.41, 5.74) is 2.39. The molecule has 19 heavy (non-hydrogen) atoms. The van der Waals surface area contributed by atoms with Crippen LogP contribution in [0.2, 0.25) is 0 Å². The molecule has 0 aromatic heterocycles. The van der Waals surface area contributed by atoms with Gasteiger partial charge in [-0.05, 0) is 40.2 Å². The van der Waals surface area contributed by atoms with Crippen molar-refractivity contribution < 1.29 is 4.74 Å². The summed E-state index contributed by atoms with van der Waals surface area (Å²) in [5, 5.41) is 3.48. The van der Waals surface area contributed by atoms with Crippen molar-refractivity contribution in [1.29, 1.82) is 0 Å². The van der Waals surface area contributed by atoms with E-state index in [0.717, 1.165) is 33.5 Å². The maximum atomic E-state index is 5.69. The van der Waals surface area contributed by atoms with Gasteiger partial charge in [0.15, 0.2) is 0 Å². The van der Waals surface area contributed by atoms with Crippen LogP contribution in [0.3, 0.4) is 0 Å². The highest BCUT2D eigenvalue weighted by molar-refractivity contribution is 9.11. The lowest BCUT2D eigenvalue weighted by Crippen LogP contribution is -2.14. The summed E-state index contributed by atoms with van der Waals surface area (Å²) >= 11 is 7.05. The van der Waals surface area contributed by atoms with Crippen molar-refractivity contribution in [2.24, 2.45) is 0 Å². The van der Waals surface area contributed by atoms with Gasteiger partial charge in [0.1, 0.15) is 5.75 Å². The monoisotopic (exact) mass is 381 g/mol. The zero-order valence-corrected chi connectivity index (χ0v) is 13.4. The number of benzene rings is 2. The van der Waals surface area contributed by atoms with Gasteiger partial charge in [0.25, 0.3) is 0 Å². The summed E-state index contributed by atoms with van der Waals surface area (Å²) in [6.45, 7) is 1.62. The normalized spacial score (nSPS) is 16.8. The van der Waals surface area contributed by atoms with Crippen molar-refractivity contribution in [1.82, 2.24) is 0 Å². The largest absolute Gasteiger partial charge is 0.493 e. The molecule has 1 N–H and O–H groups in total. The number of ether oxygens (including phenoxy) is 1. The summed E-state index contributed by atoms with van der Waals surface area (Å²) in [5.74, 6) is 1.42. The third-order valence-corrected chi connectivity index (χ3v) is 4.45. The van der Waals surface area contributed by atoms with Gasteiger partial charge < -0.3 is 10.1 Å². The van der Waals surface area contributed by atoms with E-state index in [1.165, 1.54) is 5.56 Å². The third kappa shape index (κ3) is 2.79. The van der Waals surface area contributed by atoms with Crippen molar-refractivity contribution in [2.45, 2.75) is 5.92 Å². The van der Waals surface area contributed by atoms with Gasteiger partial charge >= 0.3 is 0 Å². The van der Waals surface area contributed by atoms with E-state index in [1.54, 1.807) is 0 Å². The fourth-order valence-corrected chi connectivity index (χ4v) is 3.01. The van der Waals surface area contributed by atoms with Gasteiger partial charge in [-0.15, -0.1) is 0 Å². The molecule has 2 aromatic rings. The number of anilines is 1. The van der Waals surface area contributed by atoms with Crippen LogP contribution in [0.4, 0.5) is 5.69 Å². The van der Waals surface area contributed by atoms with Crippen LogP contribution in [-0.2, 0) is 0 Å². The molecule has 4 heteroatoms. The minimum atomic E-state index is 0.405. The van der Waals surface area contributed by atoms with Crippen molar-refractivity contribution >= 4 is 37.5 Å². The predicted molar refractivity (Wildman–Crippen MR) is 85.0 cm³/mol. The average Bonchev–Trinajstić information content (AvgIpc) is 2.83. The molecule has 1 aliphatic heterocycles. The topological polar surface area (TPSA) is 21.3 Å². The van der Waals surface area contributed by atoms with E-state index < -0.39 is 0 Å². The minimum absolute atomic E-state index is 0.405. The van der Waals surface area contributed by atoms with E-state index in [2.05, 4.69) is 55.4 Å². The lowest BCUT2D eigenvalue weighted by molar-refractivity contribution is 0.334. The first-order valence-electron chi connectivity index (χ1n) is 6.14. The molecule has 2 nitrogen and oxygen atoms in total. The molecule has 2 aromatic carbocycles. The van der Waals surface area contributed by atoms with Crippen LogP contribution in [0.15, 0.2) is 51.4 Å². The van der Waals surface area contributed by atoms with Crippen molar-refractivity contribution in [2.75, 3.05) is 18.5 Å². The zero-order chi connectivity index (χ0) is 13.2. The highest BCUT2D eigenvalue weighted by Crippen LogP contribution is 2.34. The molecule has 1 unspecified atom stereocenters. The number of fused-ring (bicyclic) bond motifs is 1. The van der Waals surface area contributed by atoms with E-state index in [4.69, 9.17) is 4.74 Å². The number of hydrogen-bond acceptors (Lipinski definition) is 2. The highest BCUT2D eigenvalue weighted by atomic mass is 79.9. The quantitative estimate of drug-likeness (QED) is 0.823. The van der Waals surface area contributed by atoms with Crippen molar-refractivity contribution in [3.05, 3.63) is 57.0 Å². The van der Waals surface area contributed by atoms with Crippen molar-refractivity contribution in [3.8, 4) is 5.75 Å². The standard InChI is InChI=1S/C15H13Br2NO/c16-11-5-6-13(17)14(7-11)18-8-10-9-19-15-4-2-1-3-12(10)15/h1-7,10,18H,8-9H2. The number of nitrogens with one attached hydrogen (secondary N) is 1. The second kappa shape index (κ2) is 5.55. The molecule has 0 fully saturated rings. The van der Waals surface area contributed by atoms with E-state index >= 15 is 0 Å². The molecule has 1 atom stereocenters. The molecule has 0 radical (unpaired) electrons. The smallest absolute Gasteiger partial charge is 0.122 e. The lowest BCUT2D eigenvalue weighted by Gasteiger charge is -2.13. The van der Waals surface area contributed by atoms with Gasteiger partial charge in [0.2, 0.25) is 0 Å². The first-order valence-corrected chi connectivity index (χ1v) is 7.73. The predicted octanol–water partition coefficient (Wildman–Crippen LogP) is 4.80. The second-order valence-electron chi connectivity index (χ2n) is 4.55. The highest BCUT2D eigenvalue weighted by Gasteiger charge is 2.23. The van der Waals surface area contributed by atoms with Crippen LogP contribution in [0.25, 0.3) is 0 Å². The summed E-state index contributed by atoms with van der Waals surface area (Å²) < 4.78 is 7.84. The molecule has 1 aliphatic rings. The Balaban J connectivity index is 1.72. The maximum absolute atomic E-state index is 5.69.